The quantitative estimate of drug-likeness (QED) is 0.451. The van der Waals surface area contributed by atoms with Crippen LogP contribution in [0.15, 0.2) is 47.4 Å². The topological polar surface area (TPSA) is 90.0 Å². The van der Waals surface area contributed by atoms with Crippen molar-refractivity contribution in [2.75, 3.05) is 6.61 Å². The van der Waals surface area contributed by atoms with Gasteiger partial charge < -0.3 is 13.8 Å². The number of carbonyl (C=O) groups excluding carboxylic acids is 2. The normalized spacial score (nSPS) is 11.5. The highest BCUT2D eigenvalue weighted by molar-refractivity contribution is 7.87. The molecule has 0 atom stereocenters. The highest BCUT2D eigenvalue weighted by Crippen LogP contribution is 2.26. The maximum Gasteiger partial charge on any atom is 0.342 e. The molecule has 31 heavy (non-hydrogen) atoms. The van der Waals surface area contributed by atoms with E-state index < -0.39 is 22.7 Å². The van der Waals surface area contributed by atoms with Gasteiger partial charge in [0.15, 0.2) is 12.4 Å². The number of aryl methyl sites for hydroxylation is 2. The zero-order valence-corrected chi connectivity index (χ0v) is 19.5. The van der Waals surface area contributed by atoms with Crippen LogP contribution in [0, 0.1) is 13.8 Å². The molecule has 0 aliphatic rings. The van der Waals surface area contributed by atoms with E-state index in [1.54, 1.807) is 43.0 Å². The minimum Gasteiger partial charge on any atom is -0.452 e. The largest absolute Gasteiger partial charge is 0.452 e. The van der Waals surface area contributed by atoms with Crippen molar-refractivity contribution >= 4 is 22.0 Å². The number of amides is 1. The molecule has 0 N–H and O–H groups in total. The molecule has 0 aromatic heterocycles. The minimum atomic E-state index is -4.17. The molecular formula is C23H29NO6S. The van der Waals surface area contributed by atoms with E-state index in [9.17, 15) is 18.0 Å². The molecule has 7 nitrogen and oxygen atoms in total. The van der Waals surface area contributed by atoms with Crippen molar-refractivity contribution in [3.63, 3.8) is 0 Å². The molecule has 0 fully saturated rings. The van der Waals surface area contributed by atoms with Crippen LogP contribution in [0.3, 0.4) is 0 Å². The van der Waals surface area contributed by atoms with Gasteiger partial charge in [0.1, 0.15) is 10.5 Å². The molecule has 1 amide bonds. The first-order chi connectivity index (χ1) is 14.4. The van der Waals surface area contributed by atoms with Crippen LogP contribution >= 0.6 is 0 Å². The Bertz CT molecular complexity index is 1050. The Morgan fingerprint density at radius 3 is 2.19 bits per heavy atom. The van der Waals surface area contributed by atoms with Gasteiger partial charge in [-0.2, -0.15) is 8.42 Å². The molecule has 2 aromatic carbocycles. The number of hydrogen-bond acceptors (Lipinski definition) is 6. The number of nitrogens with zero attached hydrogens (tertiary/aromatic N) is 1. The number of rotatable bonds is 8. The van der Waals surface area contributed by atoms with E-state index in [0.717, 1.165) is 5.56 Å². The summed E-state index contributed by atoms with van der Waals surface area (Å²) >= 11 is 0. The minimum absolute atomic E-state index is 0.0235. The molecule has 0 spiro atoms. The highest BCUT2D eigenvalue weighted by Gasteiger charge is 2.25. The van der Waals surface area contributed by atoms with E-state index in [4.69, 9.17) is 8.92 Å². The Labute approximate surface area is 184 Å². The maximum atomic E-state index is 12.8. The lowest BCUT2D eigenvalue weighted by Gasteiger charge is -2.30. The third kappa shape index (κ3) is 6.07. The summed E-state index contributed by atoms with van der Waals surface area (Å²) in [6.45, 7) is 10.5. The zero-order chi connectivity index (χ0) is 23.3. The Hall–Kier alpha value is -2.87. The molecule has 0 saturated heterocycles. The standard InChI is InChI=1S/C23H29NO6S/c1-15(2)24(16(3)4)22(25)14-29-23(26)19-9-7-8-10-20(19)30-31(27,28)21-13-17(5)11-12-18(21)6/h7-13,15-16H,14H2,1-6H3. The number of benzene rings is 2. The summed E-state index contributed by atoms with van der Waals surface area (Å²) in [6, 6.07) is 10.8. The smallest absolute Gasteiger partial charge is 0.342 e. The monoisotopic (exact) mass is 447 g/mol. The first-order valence-electron chi connectivity index (χ1n) is 10.0. The van der Waals surface area contributed by atoms with Gasteiger partial charge in [0.05, 0.1) is 0 Å². The van der Waals surface area contributed by atoms with Gasteiger partial charge in [-0.1, -0.05) is 24.3 Å². The van der Waals surface area contributed by atoms with Crippen LogP contribution in [0.2, 0.25) is 0 Å². The molecule has 0 bridgehead atoms. The molecule has 0 saturated carbocycles. The fraction of sp³-hybridized carbons (Fsp3) is 0.391. The number of ether oxygens (including phenoxy) is 1. The van der Waals surface area contributed by atoms with Crippen LogP contribution in [0.25, 0.3) is 0 Å². The highest BCUT2D eigenvalue weighted by atomic mass is 32.2. The van der Waals surface area contributed by atoms with Crippen LogP contribution < -0.4 is 4.18 Å². The lowest BCUT2D eigenvalue weighted by Crippen LogP contribution is -2.44. The average molecular weight is 448 g/mol. The Kier molecular flexibility index (Phi) is 7.84. The number of hydrogen-bond donors (Lipinski definition) is 0. The molecule has 0 radical (unpaired) electrons. The molecule has 0 heterocycles. The summed E-state index contributed by atoms with van der Waals surface area (Å²) in [6.07, 6.45) is 0. The van der Waals surface area contributed by atoms with Crippen molar-refractivity contribution in [3.05, 3.63) is 59.2 Å². The summed E-state index contributed by atoms with van der Waals surface area (Å²) in [7, 11) is -4.17. The molecule has 0 unspecified atom stereocenters. The third-order valence-corrected chi connectivity index (χ3v) is 6.02. The number of esters is 1. The van der Waals surface area contributed by atoms with Crippen LogP contribution in [0.4, 0.5) is 0 Å². The molecule has 168 valence electrons. The Morgan fingerprint density at radius 1 is 0.968 bits per heavy atom. The van der Waals surface area contributed by atoms with Crippen molar-refractivity contribution in [1.82, 2.24) is 4.90 Å². The predicted molar refractivity (Wildman–Crippen MR) is 118 cm³/mol. The van der Waals surface area contributed by atoms with E-state index in [1.165, 1.54) is 18.2 Å². The van der Waals surface area contributed by atoms with Crippen molar-refractivity contribution in [2.45, 2.75) is 58.5 Å². The van der Waals surface area contributed by atoms with Gasteiger partial charge in [-0.25, -0.2) is 4.79 Å². The van der Waals surface area contributed by atoms with Crippen molar-refractivity contribution in [1.29, 1.82) is 0 Å². The summed E-state index contributed by atoms with van der Waals surface area (Å²) in [4.78, 5) is 26.7. The van der Waals surface area contributed by atoms with Crippen molar-refractivity contribution < 1.29 is 26.9 Å². The molecule has 2 aromatic rings. The molecular weight excluding hydrogens is 418 g/mol. The molecule has 0 aliphatic heterocycles. The fourth-order valence-corrected chi connectivity index (χ4v) is 4.56. The van der Waals surface area contributed by atoms with Gasteiger partial charge in [-0.3, -0.25) is 4.79 Å². The second-order valence-electron chi connectivity index (χ2n) is 7.87. The Morgan fingerprint density at radius 2 is 1.58 bits per heavy atom. The summed E-state index contributed by atoms with van der Waals surface area (Å²) < 4.78 is 36.1. The van der Waals surface area contributed by atoms with Crippen LogP contribution in [-0.2, 0) is 19.6 Å². The van der Waals surface area contributed by atoms with Crippen molar-refractivity contribution in [3.8, 4) is 5.75 Å². The number of para-hydroxylation sites is 1. The van der Waals surface area contributed by atoms with E-state index >= 15 is 0 Å². The first-order valence-corrected chi connectivity index (χ1v) is 11.4. The third-order valence-electron chi connectivity index (χ3n) is 4.65. The lowest BCUT2D eigenvalue weighted by atomic mass is 10.2. The van der Waals surface area contributed by atoms with E-state index in [2.05, 4.69) is 0 Å². The molecule has 2 rings (SSSR count). The predicted octanol–water partition coefficient (Wildman–Crippen LogP) is 3.87. The Balaban J connectivity index is 2.23. The molecule has 0 aliphatic carbocycles. The fourth-order valence-electron chi connectivity index (χ4n) is 3.30. The summed E-state index contributed by atoms with van der Waals surface area (Å²) in [5.41, 5.74) is 1.21. The zero-order valence-electron chi connectivity index (χ0n) is 18.7. The van der Waals surface area contributed by atoms with Gasteiger partial charge in [-0.05, 0) is 70.9 Å². The van der Waals surface area contributed by atoms with Gasteiger partial charge in [-0.15, -0.1) is 0 Å². The van der Waals surface area contributed by atoms with Crippen LogP contribution in [0.5, 0.6) is 5.75 Å². The second kappa shape index (κ2) is 9.96. The molecule has 8 heteroatoms. The van der Waals surface area contributed by atoms with Gasteiger partial charge in [0, 0.05) is 12.1 Å². The van der Waals surface area contributed by atoms with Gasteiger partial charge in [0.2, 0.25) is 0 Å². The summed E-state index contributed by atoms with van der Waals surface area (Å²) in [5, 5.41) is 0. The average Bonchev–Trinajstić information content (AvgIpc) is 2.67. The number of carbonyl (C=O) groups is 2. The van der Waals surface area contributed by atoms with Gasteiger partial charge >= 0.3 is 16.1 Å². The summed E-state index contributed by atoms with van der Waals surface area (Å²) in [5.74, 6) is -1.34. The van der Waals surface area contributed by atoms with Crippen LogP contribution in [0.1, 0.15) is 49.2 Å². The van der Waals surface area contributed by atoms with Crippen molar-refractivity contribution in [2.24, 2.45) is 0 Å². The second-order valence-corrected chi connectivity index (χ2v) is 9.38. The van der Waals surface area contributed by atoms with E-state index in [0.29, 0.717) is 5.56 Å². The maximum absolute atomic E-state index is 12.8. The first kappa shape index (κ1) is 24.4. The van der Waals surface area contributed by atoms with Crippen LogP contribution in [-0.4, -0.2) is 43.9 Å². The van der Waals surface area contributed by atoms with E-state index in [1.807, 2.05) is 27.7 Å². The van der Waals surface area contributed by atoms with E-state index in [-0.39, 0.29) is 34.2 Å². The SMILES string of the molecule is Cc1ccc(C)c(S(=O)(=O)Oc2ccccc2C(=O)OCC(=O)N(C(C)C)C(C)C)c1. The van der Waals surface area contributed by atoms with Gasteiger partial charge in [0.25, 0.3) is 5.91 Å². The lowest BCUT2D eigenvalue weighted by molar-refractivity contribution is -0.138.